The summed E-state index contributed by atoms with van der Waals surface area (Å²) in [7, 11) is 2.02. The van der Waals surface area contributed by atoms with Gasteiger partial charge in [-0.05, 0) is 25.7 Å². The van der Waals surface area contributed by atoms with E-state index in [4.69, 9.17) is 10.5 Å². The van der Waals surface area contributed by atoms with Crippen LogP contribution in [0.1, 0.15) is 37.4 Å². The lowest BCUT2D eigenvalue weighted by atomic mass is 9.72. The average molecular weight is 387 g/mol. The van der Waals surface area contributed by atoms with Crippen LogP contribution in [0.25, 0.3) is 0 Å². The molecule has 5 heterocycles. The molecule has 4 atom stereocenters. The summed E-state index contributed by atoms with van der Waals surface area (Å²) in [5.74, 6) is 1.01. The van der Waals surface area contributed by atoms with Crippen molar-refractivity contribution >= 4 is 11.8 Å². The molecule has 0 radical (unpaired) electrons. The molecule has 28 heavy (non-hydrogen) atoms. The molecule has 0 saturated carbocycles. The molecule has 0 aliphatic carbocycles. The molecule has 8 nitrogen and oxygen atoms in total. The van der Waals surface area contributed by atoms with E-state index in [1.54, 1.807) is 4.90 Å². The fraction of sp³-hybridized carbons (Fsp3) is 0.750. The molecule has 4 aliphatic rings. The Labute approximate surface area is 165 Å². The van der Waals surface area contributed by atoms with E-state index in [0.29, 0.717) is 25.6 Å². The summed E-state index contributed by atoms with van der Waals surface area (Å²) in [6.07, 6.45) is 7.28. The number of nitrogens with zero attached hydrogens (tertiary/aromatic N) is 4. The van der Waals surface area contributed by atoms with Gasteiger partial charge in [-0.1, -0.05) is 0 Å². The number of aromatic nitrogens is 2. The van der Waals surface area contributed by atoms with Crippen molar-refractivity contribution in [1.82, 2.24) is 19.4 Å². The quantitative estimate of drug-likeness (QED) is 0.790. The molecular formula is C20H29N5O3. The van der Waals surface area contributed by atoms with Gasteiger partial charge in [-0.3, -0.25) is 9.59 Å². The summed E-state index contributed by atoms with van der Waals surface area (Å²) in [6.45, 7) is 3.02. The molecule has 1 aromatic heterocycles. The number of piperidine rings is 1. The predicted octanol–water partition coefficient (Wildman–Crippen LogP) is 0.0908. The molecule has 4 unspecified atom stereocenters. The van der Waals surface area contributed by atoms with E-state index in [0.717, 1.165) is 44.6 Å². The maximum absolute atomic E-state index is 13.4. The van der Waals surface area contributed by atoms with Gasteiger partial charge in [0, 0.05) is 51.5 Å². The van der Waals surface area contributed by atoms with E-state index in [-0.39, 0.29) is 29.8 Å². The minimum absolute atomic E-state index is 0.0638. The highest BCUT2D eigenvalue weighted by Gasteiger charge is 2.69. The van der Waals surface area contributed by atoms with Gasteiger partial charge in [0.05, 0.1) is 30.1 Å². The molecular weight excluding hydrogens is 358 g/mol. The molecule has 4 saturated heterocycles. The Morgan fingerprint density at radius 3 is 2.82 bits per heavy atom. The lowest BCUT2D eigenvalue weighted by molar-refractivity contribution is -0.145. The van der Waals surface area contributed by atoms with E-state index in [1.165, 1.54) is 0 Å². The van der Waals surface area contributed by atoms with Crippen LogP contribution in [0, 0.1) is 11.8 Å². The second kappa shape index (κ2) is 6.56. The number of fused-ring (bicyclic) bond motifs is 1. The number of nitrogens with two attached hydrogens (primary N) is 1. The molecule has 2 amide bonds. The Kier molecular flexibility index (Phi) is 4.24. The van der Waals surface area contributed by atoms with Crippen LogP contribution >= 0.6 is 0 Å². The molecule has 1 spiro atoms. The average Bonchev–Trinajstić information content (AvgIpc) is 3.44. The van der Waals surface area contributed by atoms with Crippen LogP contribution in [-0.4, -0.2) is 75.6 Å². The number of hydrogen-bond donors (Lipinski definition) is 1. The predicted molar refractivity (Wildman–Crippen MR) is 101 cm³/mol. The van der Waals surface area contributed by atoms with Crippen LogP contribution in [-0.2, 0) is 21.4 Å². The van der Waals surface area contributed by atoms with Crippen LogP contribution in [0.15, 0.2) is 12.4 Å². The second-order valence-corrected chi connectivity index (χ2v) is 8.81. The highest BCUT2D eigenvalue weighted by atomic mass is 16.5. The summed E-state index contributed by atoms with van der Waals surface area (Å²) in [5, 5.41) is 0. The number of carbonyl (C=O) groups excluding carboxylic acids is 2. The molecule has 0 aromatic carbocycles. The van der Waals surface area contributed by atoms with Gasteiger partial charge in [0.2, 0.25) is 11.8 Å². The molecule has 4 fully saturated rings. The van der Waals surface area contributed by atoms with Crippen LogP contribution in [0.2, 0.25) is 0 Å². The lowest BCUT2D eigenvalue weighted by Gasteiger charge is -2.36. The molecule has 4 aliphatic heterocycles. The van der Waals surface area contributed by atoms with Crippen molar-refractivity contribution in [3.8, 4) is 0 Å². The zero-order valence-electron chi connectivity index (χ0n) is 16.4. The summed E-state index contributed by atoms with van der Waals surface area (Å²) in [6, 6.07) is 0. The largest absolute Gasteiger partial charge is 0.368 e. The first-order valence-electron chi connectivity index (χ1n) is 10.5. The van der Waals surface area contributed by atoms with Crippen molar-refractivity contribution in [2.75, 3.05) is 32.7 Å². The molecule has 1 aromatic rings. The van der Waals surface area contributed by atoms with Gasteiger partial charge in [-0.25, -0.2) is 4.98 Å². The number of rotatable bonds is 4. The Balaban J connectivity index is 1.30. The summed E-state index contributed by atoms with van der Waals surface area (Å²) >= 11 is 0. The van der Waals surface area contributed by atoms with Crippen LogP contribution in [0.5, 0.6) is 0 Å². The number of imidazole rings is 1. The van der Waals surface area contributed by atoms with Gasteiger partial charge in [-0.15, -0.1) is 0 Å². The highest BCUT2D eigenvalue weighted by Crippen LogP contribution is 2.55. The Morgan fingerprint density at radius 2 is 2.14 bits per heavy atom. The van der Waals surface area contributed by atoms with Gasteiger partial charge in [0.25, 0.3) is 0 Å². The maximum Gasteiger partial charge on any atom is 0.229 e. The van der Waals surface area contributed by atoms with Gasteiger partial charge >= 0.3 is 0 Å². The molecule has 152 valence electrons. The molecule has 2 bridgehead atoms. The smallest absolute Gasteiger partial charge is 0.229 e. The summed E-state index contributed by atoms with van der Waals surface area (Å²) in [5.41, 5.74) is 5.22. The summed E-state index contributed by atoms with van der Waals surface area (Å²) in [4.78, 5) is 34.7. The van der Waals surface area contributed by atoms with Crippen molar-refractivity contribution in [3.63, 3.8) is 0 Å². The minimum Gasteiger partial charge on any atom is -0.368 e. The number of amides is 2. The first kappa shape index (κ1) is 18.1. The third-order valence-electron chi connectivity index (χ3n) is 7.32. The van der Waals surface area contributed by atoms with E-state index < -0.39 is 5.60 Å². The number of aryl methyl sites for hydroxylation is 1. The van der Waals surface area contributed by atoms with E-state index in [2.05, 4.69) is 9.55 Å². The lowest BCUT2D eigenvalue weighted by Crippen LogP contribution is -2.49. The topological polar surface area (TPSA) is 93.7 Å². The number of likely N-dealkylation sites (tertiary alicyclic amines) is 2. The summed E-state index contributed by atoms with van der Waals surface area (Å²) < 4.78 is 8.36. The van der Waals surface area contributed by atoms with Gasteiger partial charge in [0.1, 0.15) is 5.82 Å². The monoisotopic (exact) mass is 387 g/mol. The van der Waals surface area contributed by atoms with E-state index in [9.17, 15) is 9.59 Å². The van der Waals surface area contributed by atoms with Gasteiger partial charge in [0.15, 0.2) is 0 Å². The standard InChI is InChI=1S/C20H29N5O3/c1-23-11-7-22-17(23)13-3-8-24(9-4-13)18(26)15-14-2-5-20(28-14)12-25(10-6-21)19(27)16(15)20/h7,11,13-16H,2-6,8-10,12,21H2,1H3. The third kappa shape index (κ3) is 2.54. The first-order valence-corrected chi connectivity index (χ1v) is 10.5. The minimum atomic E-state index is -0.456. The van der Waals surface area contributed by atoms with E-state index >= 15 is 0 Å². The number of carbonyl (C=O) groups is 2. The van der Waals surface area contributed by atoms with Gasteiger partial charge in [-0.2, -0.15) is 0 Å². The van der Waals surface area contributed by atoms with E-state index in [1.807, 2.05) is 24.3 Å². The maximum atomic E-state index is 13.4. The molecule has 5 rings (SSSR count). The third-order valence-corrected chi connectivity index (χ3v) is 7.32. The zero-order chi connectivity index (χ0) is 19.5. The van der Waals surface area contributed by atoms with Crippen LogP contribution in [0.4, 0.5) is 0 Å². The highest BCUT2D eigenvalue weighted by molar-refractivity contribution is 5.92. The Morgan fingerprint density at radius 1 is 1.36 bits per heavy atom. The van der Waals surface area contributed by atoms with Crippen molar-refractivity contribution in [2.24, 2.45) is 24.6 Å². The molecule has 2 N–H and O–H groups in total. The first-order chi connectivity index (χ1) is 13.5. The van der Waals surface area contributed by atoms with Gasteiger partial charge < -0.3 is 24.8 Å². The van der Waals surface area contributed by atoms with Crippen LogP contribution in [0.3, 0.4) is 0 Å². The SMILES string of the molecule is Cn1ccnc1C1CCN(C(=O)C2C3CCC4(CN(CCN)C(=O)C24)O3)CC1. The van der Waals surface area contributed by atoms with Crippen molar-refractivity contribution < 1.29 is 14.3 Å². The fourth-order valence-electron chi connectivity index (χ4n) is 6.01. The van der Waals surface area contributed by atoms with Crippen molar-refractivity contribution in [3.05, 3.63) is 18.2 Å². The molecule has 8 heteroatoms. The zero-order valence-corrected chi connectivity index (χ0v) is 16.4. The van der Waals surface area contributed by atoms with Crippen molar-refractivity contribution in [2.45, 2.75) is 43.3 Å². The number of hydrogen-bond acceptors (Lipinski definition) is 5. The Bertz CT molecular complexity index is 787. The van der Waals surface area contributed by atoms with Crippen LogP contribution < -0.4 is 5.73 Å². The normalized spacial score (nSPS) is 35.1. The number of ether oxygens (including phenoxy) is 1. The Hall–Kier alpha value is -1.93. The van der Waals surface area contributed by atoms with Crippen molar-refractivity contribution in [1.29, 1.82) is 0 Å². The second-order valence-electron chi connectivity index (χ2n) is 8.81. The fourth-order valence-corrected chi connectivity index (χ4v) is 6.01.